The lowest BCUT2D eigenvalue weighted by Gasteiger charge is -2.48. The monoisotopic (exact) mass is 399 g/mol. The van der Waals surface area contributed by atoms with E-state index in [-0.39, 0.29) is 23.0 Å². The summed E-state index contributed by atoms with van der Waals surface area (Å²) in [6, 6.07) is 0. The van der Waals surface area contributed by atoms with Crippen LogP contribution < -0.4 is 0 Å². The number of β-lactam (4-membered cyclic amide) rings is 1. The number of hydrogen-bond acceptors (Lipinski definition) is 9. The standard InChI is InChI=1S/C17H21NO8S/c1-8-11(14(21)25-7-26-16(23)17(3,4)5)18-12(20)10(6-24-9(2)19)13(18)27-15(8)22/h10,13H,6-7H2,1-5H3/t10-,13-/m0/s1. The number of thioether (sulfide) groups is 1. The molecule has 2 rings (SSSR count). The van der Waals surface area contributed by atoms with Gasteiger partial charge < -0.3 is 14.2 Å². The Morgan fingerprint density at radius 2 is 1.74 bits per heavy atom. The molecular formula is C17H21NO8S. The van der Waals surface area contributed by atoms with Gasteiger partial charge in [0.1, 0.15) is 23.6 Å². The molecule has 1 fully saturated rings. The zero-order valence-electron chi connectivity index (χ0n) is 15.7. The minimum absolute atomic E-state index is 0.0719. The zero-order valence-corrected chi connectivity index (χ0v) is 16.5. The van der Waals surface area contributed by atoms with E-state index >= 15 is 0 Å². The van der Waals surface area contributed by atoms with Gasteiger partial charge in [-0.05, 0) is 27.7 Å². The second-order valence-electron chi connectivity index (χ2n) is 7.12. The van der Waals surface area contributed by atoms with Gasteiger partial charge in [-0.25, -0.2) is 4.79 Å². The lowest BCUT2D eigenvalue weighted by Crippen LogP contribution is -2.63. The van der Waals surface area contributed by atoms with Gasteiger partial charge in [-0.2, -0.15) is 0 Å². The Morgan fingerprint density at radius 3 is 2.30 bits per heavy atom. The fraction of sp³-hybridized carbons (Fsp3) is 0.588. The summed E-state index contributed by atoms with van der Waals surface area (Å²) in [4.78, 5) is 60.7. The first-order valence-corrected chi connectivity index (χ1v) is 9.05. The van der Waals surface area contributed by atoms with E-state index < -0.39 is 47.3 Å². The van der Waals surface area contributed by atoms with Gasteiger partial charge in [-0.1, -0.05) is 11.8 Å². The van der Waals surface area contributed by atoms with Crippen LogP contribution in [0.3, 0.4) is 0 Å². The molecule has 2 aliphatic heterocycles. The maximum absolute atomic E-state index is 12.4. The summed E-state index contributed by atoms with van der Waals surface area (Å²) in [6.45, 7) is 6.77. The van der Waals surface area contributed by atoms with Crippen LogP contribution in [-0.2, 0) is 38.2 Å². The summed E-state index contributed by atoms with van der Waals surface area (Å²) >= 11 is 0.885. The fourth-order valence-electron chi connectivity index (χ4n) is 2.41. The fourth-order valence-corrected chi connectivity index (χ4v) is 3.57. The van der Waals surface area contributed by atoms with Crippen molar-refractivity contribution in [1.82, 2.24) is 4.90 Å². The smallest absolute Gasteiger partial charge is 0.358 e. The highest BCUT2D eigenvalue weighted by Gasteiger charge is 2.55. The quantitative estimate of drug-likeness (QED) is 0.379. The van der Waals surface area contributed by atoms with E-state index in [9.17, 15) is 24.0 Å². The molecule has 2 heterocycles. The molecule has 0 aromatic rings. The van der Waals surface area contributed by atoms with Crippen LogP contribution in [-0.4, -0.2) is 52.6 Å². The minimum Gasteiger partial charge on any atom is -0.465 e. The highest BCUT2D eigenvalue weighted by molar-refractivity contribution is 8.14. The van der Waals surface area contributed by atoms with E-state index in [0.717, 1.165) is 16.7 Å². The molecule has 0 aromatic carbocycles. The van der Waals surface area contributed by atoms with Crippen molar-refractivity contribution in [2.24, 2.45) is 11.3 Å². The van der Waals surface area contributed by atoms with Crippen LogP contribution in [0.15, 0.2) is 11.3 Å². The van der Waals surface area contributed by atoms with E-state index in [1.165, 1.54) is 13.8 Å². The summed E-state index contributed by atoms with van der Waals surface area (Å²) < 4.78 is 14.6. The molecule has 0 spiro atoms. The highest BCUT2D eigenvalue weighted by atomic mass is 32.2. The van der Waals surface area contributed by atoms with E-state index in [2.05, 4.69) is 0 Å². The lowest BCUT2D eigenvalue weighted by molar-refractivity contribution is -0.175. The Hall–Kier alpha value is -2.36. The number of amides is 1. The van der Waals surface area contributed by atoms with E-state index in [0.29, 0.717) is 0 Å². The molecule has 27 heavy (non-hydrogen) atoms. The summed E-state index contributed by atoms with van der Waals surface area (Å²) in [5, 5.41) is -1.03. The molecule has 1 amide bonds. The van der Waals surface area contributed by atoms with Crippen LogP contribution in [0.25, 0.3) is 0 Å². The molecule has 2 atom stereocenters. The first-order chi connectivity index (χ1) is 12.4. The molecule has 2 aliphatic rings. The van der Waals surface area contributed by atoms with Crippen molar-refractivity contribution in [1.29, 1.82) is 0 Å². The van der Waals surface area contributed by atoms with Crippen LogP contribution >= 0.6 is 11.8 Å². The number of rotatable bonds is 5. The number of carbonyl (C=O) groups excluding carboxylic acids is 5. The van der Waals surface area contributed by atoms with Crippen molar-refractivity contribution < 1.29 is 38.2 Å². The summed E-state index contributed by atoms with van der Waals surface area (Å²) in [5.74, 6) is -3.19. The third-order valence-electron chi connectivity index (χ3n) is 3.94. The molecule has 0 N–H and O–H groups in total. The third-order valence-corrected chi connectivity index (χ3v) is 5.24. The van der Waals surface area contributed by atoms with Gasteiger partial charge in [0.2, 0.25) is 17.8 Å². The van der Waals surface area contributed by atoms with Gasteiger partial charge >= 0.3 is 17.9 Å². The summed E-state index contributed by atoms with van der Waals surface area (Å²) in [5.41, 5.74) is -0.871. The maximum Gasteiger partial charge on any atom is 0.358 e. The van der Waals surface area contributed by atoms with Crippen molar-refractivity contribution in [3.05, 3.63) is 11.3 Å². The number of esters is 3. The molecule has 0 unspecified atom stereocenters. The van der Waals surface area contributed by atoms with Gasteiger partial charge in [0, 0.05) is 12.5 Å². The Bertz CT molecular complexity index is 736. The Morgan fingerprint density at radius 1 is 1.11 bits per heavy atom. The van der Waals surface area contributed by atoms with Crippen molar-refractivity contribution in [3.63, 3.8) is 0 Å². The largest absolute Gasteiger partial charge is 0.465 e. The van der Waals surface area contributed by atoms with E-state index in [4.69, 9.17) is 14.2 Å². The third kappa shape index (κ3) is 4.32. The van der Waals surface area contributed by atoms with Gasteiger partial charge in [-0.15, -0.1) is 0 Å². The Balaban J connectivity index is 2.06. The SMILES string of the molecule is CC(=O)OC[C@H]1C(=O)N2C(C(=O)OCOC(=O)C(C)(C)C)=C(C)C(=O)S[C@@H]12. The molecule has 9 nitrogen and oxygen atoms in total. The van der Waals surface area contributed by atoms with Crippen molar-refractivity contribution in [3.8, 4) is 0 Å². The second-order valence-corrected chi connectivity index (χ2v) is 8.21. The van der Waals surface area contributed by atoms with E-state index in [1.54, 1.807) is 20.8 Å². The topological polar surface area (TPSA) is 116 Å². The number of nitrogens with zero attached hydrogens (tertiary/aromatic N) is 1. The Labute approximate surface area is 160 Å². The van der Waals surface area contributed by atoms with Gasteiger partial charge in [0.15, 0.2) is 0 Å². The van der Waals surface area contributed by atoms with Crippen molar-refractivity contribution in [2.75, 3.05) is 13.4 Å². The van der Waals surface area contributed by atoms with Gasteiger partial charge in [-0.3, -0.25) is 24.1 Å². The lowest BCUT2D eigenvalue weighted by atomic mass is 9.96. The predicted molar refractivity (Wildman–Crippen MR) is 92.6 cm³/mol. The average Bonchev–Trinajstić information content (AvgIpc) is 2.55. The average molecular weight is 399 g/mol. The number of carbonyl (C=O) groups is 5. The van der Waals surface area contributed by atoms with E-state index in [1.807, 2.05) is 0 Å². The number of hydrogen-bond donors (Lipinski definition) is 0. The first-order valence-electron chi connectivity index (χ1n) is 8.17. The predicted octanol–water partition coefficient (Wildman–Crippen LogP) is 0.971. The van der Waals surface area contributed by atoms with Crippen LogP contribution in [0, 0.1) is 11.3 Å². The van der Waals surface area contributed by atoms with Crippen LogP contribution in [0.1, 0.15) is 34.6 Å². The molecule has 0 saturated carbocycles. The number of fused-ring (bicyclic) bond motifs is 1. The molecule has 0 aliphatic carbocycles. The molecule has 0 bridgehead atoms. The molecule has 0 aromatic heterocycles. The van der Waals surface area contributed by atoms with Crippen LogP contribution in [0.2, 0.25) is 0 Å². The molecular weight excluding hydrogens is 378 g/mol. The molecule has 10 heteroatoms. The molecule has 1 saturated heterocycles. The van der Waals surface area contributed by atoms with Crippen LogP contribution in [0.4, 0.5) is 0 Å². The number of ether oxygens (including phenoxy) is 3. The second kappa shape index (κ2) is 7.71. The van der Waals surface area contributed by atoms with Crippen molar-refractivity contribution >= 4 is 40.7 Å². The van der Waals surface area contributed by atoms with Gasteiger partial charge in [0.05, 0.1) is 5.41 Å². The maximum atomic E-state index is 12.4. The normalized spacial score (nSPS) is 22.0. The molecule has 148 valence electrons. The summed E-state index contributed by atoms with van der Waals surface area (Å²) in [7, 11) is 0. The molecule has 0 radical (unpaired) electrons. The summed E-state index contributed by atoms with van der Waals surface area (Å²) in [6.07, 6.45) is 0. The Kier molecular flexibility index (Phi) is 5.98. The van der Waals surface area contributed by atoms with Crippen LogP contribution in [0.5, 0.6) is 0 Å². The zero-order chi connectivity index (χ0) is 20.5. The first kappa shape index (κ1) is 20.9. The minimum atomic E-state index is -0.938. The van der Waals surface area contributed by atoms with Gasteiger partial charge in [0.25, 0.3) is 0 Å². The van der Waals surface area contributed by atoms with Crippen molar-refractivity contribution in [2.45, 2.75) is 40.0 Å². The highest BCUT2D eigenvalue weighted by Crippen LogP contribution is 2.44.